The molecule has 0 unspecified atom stereocenters. The molecule has 0 aliphatic heterocycles. The number of aliphatic carboxylic acids is 1. The van der Waals surface area contributed by atoms with E-state index in [1.807, 2.05) is 18.7 Å². The maximum absolute atomic E-state index is 10.6. The number of carbonyl (C=O) groups is 1. The summed E-state index contributed by atoms with van der Waals surface area (Å²) in [6, 6.07) is 0.248. The van der Waals surface area contributed by atoms with Crippen molar-refractivity contribution in [1.82, 2.24) is 15.0 Å². The van der Waals surface area contributed by atoms with Crippen molar-refractivity contribution >= 4 is 5.97 Å². The Balaban J connectivity index is 2.55. The van der Waals surface area contributed by atoms with Gasteiger partial charge in [-0.05, 0) is 20.3 Å². The first-order valence-corrected chi connectivity index (χ1v) is 6.30. The summed E-state index contributed by atoms with van der Waals surface area (Å²) in [5.74, 6) is 0.479. The van der Waals surface area contributed by atoms with Gasteiger partial charge in [0.2, 0.25) is 5.89 Å². The van der Waals surface area contributed by atoms with Gasteiger partial charge in [-0.3, -0.25) is 9.69 Å². The summed E-state index contributed by atoms with van der Waals surface area (Å²) in [7, 11) is 0. The number of aromatic nitrogens is 2. The number of hydrogen-bond donors (Lipinski definition) is 1. The highest BCUT2D eigenvalue weighted by atomic mass is 16.5. The Morgan fingerprint density at radius 3 is 2.78 bits per heavy atom. The van der Waals surface area contributed by atoms with E-state index in [-0.39, 0.29) is 12.5 Å². The van der Waals surface area contributed by atoms with E-state index in [2.05, 4.69) is 17.1 Å². The second kappa shape index (κ2) is 7.10. The molecule has 1 aromatic rings. The highest BCUT2D eigenvalue weighted by Crippen LogP contribution is 2.08. The van der Waals surface area contributed by atoms with Crippen LogP contribution in [-0.4, -0.2) is 38.7 Å². The molecule has 102 valence electrons. The number of nitrogens with zero attached hydrogens (tertiary/aromatic N) is 3. The number of carboxylic acid groups (broad SMARTS) is 1. The van der Waals surface area contributed by atoms with Crippen molar-refractivity contribution in [3.63, 3.8) is 0 Å². The molecular weight excluding hydrogens is 234 g/mol. The van der Waals surface area contributed by atoms with Crippen LogP contribution in [0.25, 0.3) is 0 Å². The predicted octanol–water partition coefficient (Wildman–Crippen LogP) is 1.71. The quantitative estimate of drug-likeness (QED) is 0.761. The van der Waals surface area contributed by atoms with E-state index in [4.69, 9.17) is 9.63 Å². The van der Waals surface area contributed by atoms with Gasteiger partial charge in [0.1, 0.15) is 0 Å². The summed E-state index contributed by atoms with van der Waals surface area (Å²) in [5, 5.41) is 12.6. The SMILES string of the molecule is CCCc1nc(CN(CCC(=O)O)C(C)C)no1. The molecule has 1 rings (SSSR count). The highest BCUT2D eigenvalue weighted by Gasteiger charge is 2.15. The van der Waals surface area contributed by atoms with Crippen molar-refractivity contribution in [3.05, 3.63) is 11.7 Å². The fraction of sp³-hybridized carbons (Fsp3) is 0.750. The molecule has 0 saturated carbocycles. The molecule has 0 spiro atoms. The van der Waals surface area contributed by atoms with E-state index < -0.39 is 5.97 Å². The van der Waals surface area contributed by atoms with E-state index in [0.717, 1.165) is 12.8 Å². The van der Waals surface area contributed by atoms with Crippen molar-refractivity contribution in [1.29, 1.82) is 0 Å². The summed E-state index contributed by atoms with van der Waals surface area (Å²) in [5.41, 5.74) is 0. The van der Waals surface area contributed by atoms with Crippen molar-refractivity contribution in [2.24, 2.45) is 0 Å². The third-order valence-electron chi connectivity index (χ3n) is 2.66. The van der Waals surface area contributed by atoms with Crippen LogP contribution in [0.2, 0.25) is 0 Å². The van der Waals surface area contributed by atoms with E-state index in [0.29, 0.717) is 24.8 Å². The second-order valence-electron chi connectivity index (χ2n) is 4.56. The first kappa shape index (κ1) is 14.6. The lowest BCUT2D eigenvalue weighted by Gasteiger charge is -2.23. The van der Waals surface area contributed by atoms with E-state index in [1.165, 1.54) is 0 Å². The van der Waals surface area contributed by atoms with Crippen LogP contribution in [0.3, 0.4) is 0 Å². The molecule has 6 nitrogen and oxygen atoms in total. The van der Waals surface area contributed by atoms with Gasteiger partial charge in [0.25, 0.3) is 0 Å². The molecule has 1 aromatic heterocycles. The van der Waals surface area contributed by atoms with Gasteiger partial charge in [-0.2, -0.15) is 4.98 Å². The molecule has 0 atom stereocenters. The molecule has 0 radical (unpaired) electrons. The molecule has 0 bridgehead atoms. The Kier molecular flexibility index (Phi) is 5.77. The number of carboxylic acids is 1. The van der Waals surface area contributed by atoms with Crippen LogP contribution in [0.4, 0.5) is 0 Å². The summed E-state index contributed by atoms with van der Waals surface area (Å²) in [6.07, 6.45) is 1.87. The lowest BCUT2D eigenvalue weighted by atomic mass is 10.3. The molecule has 0 amide bonds. The highest BCUT2D eigenvalue weighted by molar-refractivity contribution is 5.66. The number of hydrogen-bond acceptors (Lipinski definition) is 5. The summed E-state index contributed by atoms with van der Waals surface area (Å²) in [4.78, 5) is 16.9. The van der Waals surface area contributed by atoms with Crippen LogP contribution >= 0.6 is 0 Å². The molecule has 0 aromatic carbocycles. The van der Waals surface area contributed by atoms with Gasteiger partial charge >= 0.3 is 5.97 Å². The van der Waals surface area contributed by atoms with Crippen molar-refractivity contribution < 1.29 is 14.4 Å². The zero-order chi connectivity index (χ0) is 13.5. The Labute approximate surface area is 107 Å². The lowest BCUT2D eigenvalue weighted by molar-refractivity contribution is -0.137. The minimum atomic E-state index is -0.791. The molecular formula is C12H21N3O3. The molecule has 1 heterocycles. The van der Waals surface area contributed by atoms with Gasteiger partial charge in [-0.25, -0.2) is 0 Å². The van der Waals surface area contributed by atoms with Gasteiger partial charge in [0.05, 0.1) is 13.0 Å². The molecule has 0 fully saturated rings. The van der Waals surface area contributed by atoms with Crippen LogP contribution in [0.15, 0.2) is 4.52 Å². The van der Waals surface area contributed by atoms with E-state index >= 15 is 0 Å². The Morgan fingerprint density at radius 2 is 2.22 bits per heavy atom. The summed E-state index contributed by atoms with van der Waals surface area (Å²) >= 11 is 0. The van der Waals surface area contributed by atoms with Gasteiger partial charge in [-0.15, -0.1) is 0 Å². The molecule has 6 heteroatoms. The third kappa shape index (κ3) is 4.83. The van der Waals surface area contributed by atoms with Crippen LogP contribution < -0.4 is 0 Å². The predicted molar refractivity (Wildman–Crippen MR) is 66.1 cm³/mol. The third-order valence-corrected chi connectivity index (χ3v) is 2.66. The molecule has 0 aliphatic rings. The fourth-order valence-corrected chi connectivity index (χ4v) is 1.61. The monoisotopic (exact) mass is 255 g/mol. The number of aryl methyl sites for hydroxylation is 1. The second-order valence-corrected chi connectivity index (χ2v) is 4.56. The first-order valence-electron chi connectivity index (χ1n) is 6.30. The molecule has 0 aliphatic carbocycles. The average Bonchev–Trinajstić information content (AvgIpc) is 2.71. The van der Waals surface area contributed by atoms with Crippen LogP contribution in [0, 0.1) is 0 Å². The van der Waals surface area contributed by atoms with Gasteiger partial charge in [-0.1, -0.05) is 12.1 Å². The Morgan fingerprint density at radius 1 is 1.50 bits per heavy atom. The largest absolute Gasteiger partial charge is 0.481 e. The minimum Gasteiger partial charge on any atom is -0.481 e. The zero-order valence-corrected chi connectivity index (χ0v) is 11.2. The summed E-state index contributed by atoms with van der Waals surface area (Å²) in [6.45, 7) is 7.11. The van der Waals surface area contributed by atoms with Crippen LogP contribution in [-0.2, 0) is 17.8 Å². The Bertz CT molecular complexity index is 376. The van der Waals surface area contributed by atoms with E-state index in [9.17, 15) is 4.79 Å². The zero-order valence-electron chi connectivity index (χ0n) is 11.2. The molecule has 0 saturated heterocycles. The average molecular weight is 255 g/mol. The smallest absolute Gasteiger partial charge is 0.304 e. The van der Waals surface area contributed by atoms with Gasteiger partial charge in [0, 0.05) is 19.0 Å². The minimum absolute atomic E-state index is 0.123. The fourth-order valence-electron chi connectivity index (χ4n) is 1.61. The van der Waals surface area contributed by atoms with Crippen LogP contribution in [0.1, 0.15) is 45.3 Å². The number of rotatable bonds is 8. The van der Waals surface area contributed by atoms with Crippen LogP contribution in [0.5, 0.6) is 0 Å². The normalized spacial score (nSPS) is 11.4. The van der Waals surface area contributed by atoms with Gasteiger partial charge < -0.3 is 9.63 Å². The molecule has 18 heavy (non-hydrogen) atoms. The standard InChI is InChI=1S/C12H21N3O3/c1-4-5-11-13-10(14-18-11)8-15(9(2)3)7-6-12(16)17/h9H,4-8H2,1-3H3,(H,16,17). The molecule has 1 N–H and O–H groups in total. The van der Waals surface area contributed by atoms with Crippen molar-refractivity contribution in [3.8, 4) is 0 Å². The van der Waals surface area contributed by atoms with Gasteiger partial charge in [0.15, 0.2) is 5.82 Å². The van der Waals surface area contributed by atoms with E-state index in [1.54, 1.807) is 0 Å². The van der Waals surface area contributed by atoms with Crippen molar-refractivity contribution in [2.75, 3.05) is 6.54 Å². The maximum Gasteiger partial charge on any atom is 0.304 e. The lowest BCUT2D eigenvalue weighted by Crippen LogP contribution is -2.32. The first-order chi connectivity index (χ1) is 8.52. The van der Waals surface area contributed by atoms with Crippen molar-refractivity contribution in [2.45, 2.75) is 52.6 Å². The Hall–Kier alpha value is -1.43. The summed E-state index contributed by atoms with van der Waals surface area (Å²) < 4.78 is 5.11. The topological polar surface area (TPSA) is 79.5 Å². The maximum atomic E-state index is 10.6.